The van der Waals surface area contributed by atoms with Crippen LogP contribution in [0.15, 0.2) is 74.9 Å². The van der Waals surface area contributed by atoms with Gasteiger partial charge in [0, 0.05) is 26.8 Å². The molecule has 2 aromatic heterocycles. The lowest BCUT2D eigenvalue weighted by atomic mass is 10.1. The standard InChI is InChI=1S/C21H16BrClN4O2S/c1-13-10-19(26-29-13)25-20(28)12-30-21-24-11-18(14-2-4-15(22)5-3-14)27(21)17-8-6-16(23)7-9-17/h2-11H,12H2,1H3,(H,25,26,28). The molecule has 0 saturated heterocycles. The van der Waals surface area contributed by atoms with Crippen LogP contribution in [-0.4, -0.2) is 26.4 Å². The van der Waals surface area contributed by atoms with Gasteiger partial charge in [-0.15, -0.1) is 0 Å². The minimum Gasteiger partial charge on any atom is -0.360 e. The highest BCUT2D eigenvalue weighted by molar-refractivity contribution is 9.10. The van der Waals surface area contributed by atoms with Gasteiger partial charge in [0.05, 0.1) is 17.6 Å². The van der Waals surface area contributed by atoms with Gasteiger partial charge in [0.15, 0.2) is 11.0 Å². The van der Waals surface area contributed by atoms with E-state index in [0.29, 0.717) is 21.8 Å². The van der Waals surface area contributed by atoms with E-state index in [1.165, 1.54) is 11.8 Å². The number of imidazole rings is 1. The second-order valence-corrected chi connectivity index (χ2v) is 8.70. The van der Waals surface area contributed by atoms with Crippen molar-refractivity contribution < 1.29 is 9.32 Å². The predicted octanol–water partition coefficient (Wildman–Crippen LogP) is 5.98. The molecule has 0 aliphatic heterocycles. The zero-order chi connectivity index (χ0) is 21.1. The molecule has 0 radical (unpaired) electrons. The third kappa shape index (κ3) is 4.77. The van der Waals surface area contributed by atoms with Gasteiger partial charge in [-0.1, -0.05) is 56.6 Å². The molecule has 2 heterocycles. The number of amides is 1. The van der Waals surface area contributed by atoms with E-state index in [1.807, 2.05) is 53.1 Å². The summed E-state index contributed by atoms with van der Waals surface area (Å²) in [5.41, 5.74) is 2.83. The average Bonchev–Trinajstić information content (AvgIpc) is 3.34. The Labute approximate surface area is 190 Å². The lowest BCUT2D eigenvalue weighted by Crippen LogP contribution is -2.14. The molecule has 4 aromatic rings. The van der Waals surface area contributed by atoms with Gasteiger partial charge in [0.1, 0.15) is 5.76 Å². The number of nitrogens with zero attached hydrogens (tertiary/aromatic N) is 3. The molecule has 1 N–H and O–H groups in total. The first kappa shape index (κ1) is 20.7. The van der Waals surface area contributed by atoms with E-state index in [4.69, 9.17) is 16.1 Å². The van der Waals surface area contributed by atoms with E-state index < -0.39 is 0 Å². The second-order valence-electron chi connectivity index (χ2n) is 6.40. The van der Waals surface area contributed by atoms with Crippen molar-refractivity contribution in [1.29, 1.82) is 0 Å². The Kier molecular flexibility index (Phi) is 6.26. The van der Waals surface area contributed by atoms with Crippen LogP contribution in [0.2, 0.25) is 5.02 Å². The number of thioether (sulfide) groups is 1. The maximum Gasteiger partial charge on any atom is 0.236 e. The number of hydrogen-bond acceptors (Lipinski definition) is 5. The second kappa shape index (κ2) is 9.07. The normalized spacial score (nSPS) is 10.9. The molecule has 30 heavy (non-hydrogen) atoms. The fourth-order valence-electron chi connectivity index (χ4n) is 2.84. The maximum absolute atomic E-state index is 12.3. The van der Waals surface area contributed by atoms with E-state index in [9.17, 15) is 4.79 Å². The molecule has 0 atom stereocenters. The zero-order valence-electron chi connectivity index (χ0n) is 15.8. The van der Waals surface area contributed by atoms with Crippen molar-refractivity contribution in [2.75, 3.05) is 11.1 Å². The molecule has 0 unspecified atom stereocenters. The van der Waals surface area contributed by atoms with Crippen LogP contribution in [0.3, 0.4) is 0 Å². The largest absolute Gasteiger partial charge is 0.360 e. The lowest BCUT2D eigenvalue weighted by Gasteiger charge is -2.12. The van der Waals surface area contributed by atoms with Crippen molar-refractivity contribution in [1.82, 2.24) is 14.7 Å². The lowest BCUT2D eigenvalue weighted by molar-refractivity contribution is -0.113. The highest BCUT2D eigenvalue weighted by Gasteiger charge is 2.16. The molecule has 1 amide bonds. The van der Waals surface area contributed by atoms with Gasteiger partial charge in [-0.25, -0.2) is 4.98 Å². The van der Waals surface area contributed by atoms with Crippen LogP contribution >= 0.6 is 39.3 Å². The molecule has 9 heteroatoms. The van der Waals surface area contributed by atoms with Crippen molar-refractivity contribution >= 4 is 51.0 Å². The summed E-state index contributed by atoms with van der Waals surface area (Å²) in [7, 11) is 0. The average molecular weight is 504 g/mol. The third-order valence-electron chi connectivity index (χ3n) is 4.18. The fraction of sp³-hybridized carbons (Fsp3) is 0.0952. The summed E-state index contributed by atoms with van der Waals surface area (Å²) < 4.78 is 7.98. The minimum atomic E-state index is -0.191. The Balaban J connectivity index is 1.61. The predicted molar refractivity (Wildman–Crippen MR) is 122 cm³/mol. The van der Waals surface area contributed by atoms with Gasteiger partial charge in [0.2, 0.25) is 5.91 Å². The fourth-order valence-corrected chi connectivity index (χ4v) is 4.02. The van der Waals surface area contributed by atoms with Gasteiger partial charge in [0.25, 0.3) is 0 Å². The molecule has 2 aromatic carbocycles. The molecule has 0 spiro atoms. The van der Waals surface area contributed by atoms with Crippen molar-refractivity contribution in [3.05, 3.63) is 76.0 Å². The Morgan fingerprint density at radius 2 is 1.93 bits per heavy atom. The summed E-state index contributed by atoms with van der Waals surface area (Å²) in [4.78, 5) is 16.9. The van der Waals surface area contributed by atoms with Gasteiger partial charge in [-0.05, 0) is 43.3 Å². The Hall–Kier alpha value is -2.55. The monoisotopic (exact) mass is 502 g/mol. The van der Waals surface area contributed by atoms with Crippen LogP contribution < -0.4 is 5.32 Å². The van der Waals surface area contributed by atoms with Crippen LogP contribution in [0.4, 0.5) is 5.82 Å². The van der Waals surface area contributed by atoms with Crippen molar-refractivity contribution in [3.63, 3.8) is 0 Å². The van der Waals surface area contributed by atoms with Crippen LogP contribution in [0.1, 0.15) is 5.76 Å². The summed E-state index contributed by atoms with van der Waals surface area (Å²) >= 11 is 10.9. The minimum absolute atomic E-state index is 0.177. The first-order chi connectivity index (χ1) is 14.5. The number of benzene rings is 2. The summed E-state index contributed by atoms with van der Waals surface area (Å²) in [6.07, 6.45) is 1.80. The van der Waals surface area contributed by atoms with Crippen molar-refractivity contribution in [2.45, 2.75) is 12.1 Å². The van der Waals surface area contributed by atoms with Crippen molar-refractivity contribution in [2.24, 2.45) is 0 Å². The summed E-state index contributed by atoms with van der Waals surface area (Å²) in [6, 6.07) is 17.2. The molecular formula is C21H16BrClN4O2S. The smallest absolute Gasteiger partial charge is 0.236 e. The Bertz CT molecular complexity index is 1170. The molecule has 0 saturated carbocycles. The SMILES string of the molecule is Cc1cc(NC(=O)CSc2ncc(-c3ccc(Br)cc3)n2-c2ccc(Cl)cc2)no1. The third-order valence-corrected chi connectivity index (χ3v) is 5.92. The van der Waals surface area contributed by atoms with Gasteiger partial charge in [-0.2, -0.15) is 0 Å². The van der Waals surface area contributed by atoms with Gasteiger partial charge >= 0.3 is 0 Å². The van der Waals surface area contributed by atoms with Crippen molar-refractivity contribution in [3.8, 4) is 16.9 Å². The highest BCUT2D eigenvalue weighted by Crippen LogP contribution is 2.31. The number of carbonyl (C=O) groups excluding carboxylic acids is 1. The van der Waals surface area contributed by atoms with E-state index in [-0.39, 0.29) is 11.7 Å². The first-order valence-corrected chi connectivity index (χ1v) is 11.1. The molecule has 4 rings (SSSR count). The van der Waals surface area contributed by atoms with Crippen LogP contribution in [0, 0.1) is 6.92 Å². The van der Waals surface area contributed by atoms with Gasteiger partial charge < -0.3 is 9.84 Å². The Morgan fingerprint density at radius 3 is 2.60 bits per heavy atom. The van der Waals surface area contributed by atoms with Gasteiger partial charge in [-0.3, -0.25) is 9.36 Å². The van der Waals surface area contributed by atoms with E-state index in [2.05, 4.69) is 31.4 Å². The number of aromatic nitrogens is 3. The quantitative estimate of drug-likeness (QED) is 0.328. The number of hydrogen-bond donors (Lipinski definition) is 1. The summed E-state index contributed by atoms with van der Waals surface area (Å²) in [5, 5.41) is 7.85. The van der Waals surface area contributed by atoms with Crippen LogP contribution in [-0.2, 0) is 4.79 Å². The first-order valence-electron chi connectivity index (χ1n) is 8.95. The highest BCUT2D eigenvalue weighted by atomic mass is 79.9. The van der Waals surface area contributed by atoms with E-state index >= 15 is 0 Å². The number of aryl methyl sites for hydroxylation is 1. The topological polar surface area (TPSA) is 73.0 Å². The van der Waals surface area contributed by atoms with E-state index in [0.717, 1.165) is 21.4 Å². The summed E-state index contributed by atoms with van der Waals surface area (Å²) in [6.45, 7) is 1.77. The van der Waals surface area contributed by atoms with Crippen LogP contribution in [0.25, 0.3) is 16.9 Å². The maximum atomic E-state index is 12.3. The molecule has 152 valence electrons. The number of anilines is 1. The zero-order valence-corrected chi connectivity index (χ0v) is 19.0. The summed E-state index contributed by atoms with van der Waals surface area (Å²) in [5.74, 6) is 1.02. The molecule has 0 fully saturated rings. The number of nitrogens with one attached hydrogen (secondary N) is 1. The Morgan fingerprint density at radius 1 is 1.20 bits per heavy atom. The molecule has 0 bridgehead atoms. The molecular weight excluding hydrogens is 488 g/mol. The molecule has 0 aliphatic rings. The number of rotatable bonds is 6. The molecule has 0 aliphatic carbocycles. The number of halogens is 2. The van der Waals surface area contributed by atoms with E-state index in [1.54, 1.807) is 19.2 Å². The molecule has 6 nitrogen and oxygen atoms in total. The number of carbonyl (C=O) groups is 1. The van der Waals surface area contributed by atoms with Crippen LogP contribution in [0.5, 0.6) is 0 Å².